The van der Waals surface area contributed by atoms with Crippen molar-refractivity contribution in [1.29, 1.82) is 0 Å². The normalized spacial score (nSPS) is 17.6. The molecule has 98 valence electrons. The van der Waals surface area contributed by atoms with Crippen LogP contribution in [0.3, 0.4) is 0 Å². The van der Waals surface area contributed by atoms with E-state index >= 15 is 0 Å². The summed E-state index contributed by atoms with van der Waals surface area (Å²) in [5.41, 5.74) is 9.58. The first-order chi connectivity index (χ1) is 9.13. The predicted molar refractivity (Wildman–Crippen MR) is 78.5 cm³/mol. The van der Waals surface area contributed by atoms with Crippen LogP contribution >= 0.6 is 15.9 Å². The average Bonchev–Trinajstić information content (AvgIpc) is 2.69. The third kappa shape index (κ3) is 2.51. The summed E-state index contributed by atoms with van der Waals surface area (Å²) >= 11 is 3.47. The fourth-order valence-electron chi connectivity index (χ4n) is 2.50. The molecule has 2 aromatic carbocycles. The maximum atomic E-state index is 12.9. The second-order valence-electron chi connectivity index (χ2n) is 4.82. The van der Waals surface area contributed by atoms with Gasteiger partial charge in [-0.3, -0.25) is 0 Å². The van der Waals surface area contributed by atoms with E-state index in [1.165, 1.54) is 17.8 Å². The van der Waals surface area contributed by atoms with Crippen LogP contribution < -0.4 is 10.6 Å². The maximum absolute atomic E-state index is 12.9. The summed E-state index contributed by atoms with van der Waals surface area (Å²) in [5, 5.41) is 0. The maximum Gasteiger partial charge on any atom is 0.123 e. The van der Waals surface area contributed by atoms with E-state index in [1.54, 1.807) is 0 Å². The zero-order valence-electron chi connectivity index (χ0n) is 10.3. The second-order valence-corrected chi connectivity index (χ2v) is 5.73. The minimum absolute atomic E-state index is 0.0351. The Kier molecular flexibility index (Phi) is 3.29. The molecule has 2 nitrogen and oxygen atoms in total. The van der Waals surface area contributed by atoms with E-state index in [2.05, 4.69) is 33.0 Å². The number of hydrogen-bond acceptors (Lipinski definition) is 2. The molecule has 0 unspecified atom stereocenters. The Bertz CT molecular complexity index is 598. The lowest BCUT2D eigenvalue weighted by atomic mass is 10.1. The molecule has 2 N–H and O–H groups in total. The number of fused-ring (bicyclic) bond motifs is 1. The lowest BCUT2D eigenvalue weighted by Gasteiger charge is -2.19. The zero-order valence-corrected chi connectivity index (χ0v) is 11.9. The summed E-state index contributed by atoms with van der Waals surface area (Å²) in [6.07, 6.45) is 0. The Hall–Kier alpha value is -1.39. The molecule has 1 aliphatic heterocycles. The molecule has 0 amide bonds. The van der Waals surface area contributed by atoms with E-state index < -0.39 is 0 Å². The molecule has 1 aliphatic rings. The molecule has 1 heterocycles. The van der Waals surface area contributed by atoms with Crippen LogP contribution in [0.2, 0.25) is 0 Å². The predicted octanol–water partition coefficient (Wildman–Crippen LogP) is 3.61. The molecule has 2 aromatic rings. The van der Waals surface area contributed by atoms with Gasteiger partial charge in [-0.1, -0.05) is 28.1 Å². The number of nitrogens with zero attached hydrogens (tertiary/aromatic N) is 1. The van der Waals surface area contributed by atoms with Crippen molar-refractivity contribution in [3.63, 3.8) is 0 Å². The number of benzene rings is 2. The lowest BCUT2D eigenvalue weighted by Crippen LogP contribution is -2.23. The third-order valence-electron chi connectivity index (χ3n) is 3.43. The fourth-order valence-corrected chi connectivity index (χ4v) is 2.88. The van der Waals surface area contributed by atoms with Crippen LogP contribution in [-0.4, -0.2) is 6.54 Å². The van der Waals surface area contributed by atoms with Gasteiger partial charge in [0, 0.05) is 29.3 Å². The van der Waals surface area contributed by atoms with Gasteiger partial charge in [0.2, 0.25) is 0 Å². The van der Waals surface area contributed by atoms with Crippen molar-refractivity contribution >= 4 is 21.6 Å². The quantitative estimate of drug-likeness (QED) is 0.916. The largest absolute Gasteiger partial charge is 0.365 e. The summed E-state index contributed by atoms with van der Waals surface area (Å²) in [6, 6.07) is 12.8. The van der Waals surface area contributed by atoms with Crippen LogP contribution in [0.1, 0.15) is 17.2 Å². The molecule has 0 aliphatic carbocycles. The number of nitrogens with two attached hydrogens (primary N) is 1. The van der Waals surface area contributed by atoms with Gasteiger partial charge in [0.05, 0.1) is 0 Å². The Labute approximate surface area is 120 Å². The highest BCUT2D eigenvalue weighted by atomic mass is 79.9. The van der Waals surface area contributed by atoms with Gasteiger partial charge < -0.3 is 10.6 Å². The lowest BCUT2D eigenvalue weighted by molar-refractivity contribution is 0.626. The first-order valence-electron chi connectivity index (χ1n) is 6.18. The molecular formula is C15H14BrFN2. The summed E-state index contributed by atoms with van der Waals surface area (Å²) in [7, 11) is 0. The highest BCUT2D eigenvalue weighted by molar-refractivity contribution is 9.10. The minimum atomic E-state index is -0.203. The fraction of sp³-hybridized carbons (Fsp3) is 0.200. The molecule has 0 saturated heterocycles. The van der Waals surface area contributed by atoms with Crippen molar-refractivity contribution in [3.8, 4) is 0 Å². The Morgan fingerprint density at radius 3 is 2.68 bits per heavy atom. The van der Waals surface area contributed by atoms with Gasteiger partial charge in [-0.05, 0) is 41.5 Å². The van der Waals surface area contributed by atoms with Crippen molar-refractivity contribution in [2.75, 3.05) is 11.4 Å². The SMILES string of the molecule is N[C@@H]1CN(Cc2ccc(F)cc2)c2ccc(Br)cc21. The molecule has 1 atom stereocenters. The van der Waals surface area contributed by atoms with Crippen molar-refractivity contribution in [1.82, 2.24) is 0 Å². The molecular weight excluding hydrogens is 307 g/mol. The molecule has 0 fully saturated rings. The molecule has 0 spiro atoms. The Morgan fingerprint density at radius 1 is 1.21 bits per heavy atom. The van der Waals surface area contributed by atoms with Gasteiger partial charge in [0.25, 0.3) is 0 Å². The van der Waals surface area contributed by atoms with Crippen LogP contribution in [0.25, 0.3) is 0 Å². The topological polar surface area (TPSA) is 29.3 Å². The van der Waals surface area contributed by atoms with E-state index in [4.69, 9.17) is 5.73 Å². The molecule has 19 heavy (non-hydrogen) atoms. The van der Waals surface area contributed by atoms with Crippen LogP contribution in [0.5, 0.6) is 0 Å². The minimum Gasteiger partial charge on any atom is -0.365 e. The Balaban J connectivity index is 1.86. The van der Waals surface area contributed by atoms with Crippen molar-refractivity contribution in [3.05, 3.63) is 63.9 Å². The van der Waals surface area contributed by atoms with Crippen LogP contribution in [0.4, 0.5) is 10.1 Å². The van der Waals surface area contributed by atoms with Gasteiger partial charge in [-0.25, -0.2) is 4.39 Å². The van der Waals surface area contributed by atoms with Crippen molar-refractivity contribution in [2.45, 2.75) is 12.6 Å². The zero-order chi connectivity index (χ0) is 13.4. The standard InChI is InChI=1S/C15H14BrFN2/c16-11-3-6-15-13(7-11)14(18)9-19(15)8-10-1-4-12(17)5-2-10/h1-7,14H,8-9,18H2/t14-/m1/s1. The smallest absolute Gasteiger partial charge is 0.123 e. The van der Waals surface area contributed by atoms with Gasteiger partial charge in [-0.15, -0.1) is 0 Å². The van der Waals surface area contributed by atoms with Gasteiger partial charge >= 0.3 is 0 Å². The highest BCUT2D eigenvalue weighted by Gasteiger charge is 2.25. The van der Waals surface area contributed by atoms with E-state index in [0.29, 0.717) is 0 Å². The molecule has 0 radical (unpaired) electrons. The summed E-state index contributed by atoms with van der Waals surface area (Å²) in [4.78, 5) is 2.24. The molecule has 0 bridgehead atoms. The van der Waals surface area contributed by atoms with E-state index in [1.807, 2.05) is 18.2 Å². The molecule has 3 rings (SSSR count). The number of rotatable bonds is 2. The first-order valence-corrected chi connectivity index (χ1v) is 6.97. The van der Waals surface area contributed by atoms with E-state index in [0.717, 1.165) is 28.7 Å². The monoisotopic (exact) mass is 320 g/mol. The van der Waals surface area contributed by atoms with E-state index in [-0.39, 0.29) is 11.9 Å². The summed E-state index contributed by atoms with van der Waals surface area (Å²) in [6.45, 7) is 1.55. The molecule has 0 aromatic heterocycles. The summed E-state index contributed by atoms with van der Waals surface area (Å²) in [5.74, 6) is -0.203. The van der Waals surface area contributed by atoms with Crippen molar-refractivity contribution < 1.29 is 4.39 Å². The number of anilines is 1. The third-order valence-corrected chi connectivity index (χ3v) is 3.93. The van der Waals surface area contributed by atoms with Crippen LogP contribution in [0.15, 0.2) is 46.9 Å². The van der Waals surface area contributed by atoms with Crippen LogP contribution in [0, 0.1) is 5.82 Å². The molecule has 0 saturated carbocycles. The second kappa shape index (κ2) is 4.94. The van der Waals surface area contributed by atoms with E-state index in [9.17, 15) is 4.39 Å². The highest BCUT2D eigenvalue weighted by Crippen LogP contribution is 2.36. The van der Waals surface area contributed by atoms with Gasteiger partial charge in [0.15, 0.2) is 0 Å². The van der Waals surface area contributed by atoms with Crippen LogP contribution in [-0.2, 0) is 6.54 Å². The number of halogens is 2. The molecule has 4 heteroatoms. The number of hydrogen-bond donors (Lipinski definition) is 1. The first kappa shape index (κ1) is 12.6. The Morgan fingerprint density at radius 2 is 1.95 bits per heavy atom. The van der Waals surface area contributed by atoms with Gasteiger partial charge in [-0.2, -0.15) is 0 Å². The van der Waals surface area contributed by atoms with Crippen molar-refractivity contribution in [2.24, 2.45) is 5.73 Å². The van der Waals surface area contributed by atoms with Gasteiger partial charge in [0.1, 0.15) is 5.82 Å². The summed E-state index contributed by atoms with van der Waals surface area (Å²) < 4.78 is 14.0. The average molecular weight is 321 g/mol.